The number of rotatable bonds is 6. The Labute approximate surface area is 145 Å². The van der Waals surface area contributed by atoms with E-state index in [2.05, 4.69) is 12.6 Å². The van der Waals surface area contributed by atoms with Gasteiger partial charge in [0, 0.05) is 16.5 Å². The molecule has 6 heteroatoms. The van der Waals surface area contributed by atoms with E-state index in [9.17, 15) is 15.0 Å². The molecule has 0 heterocycles. The molecule has 0 bridgehead atoms. The highest BCUT2D eigenvalue weighted by molar-refractivity contribution is 7.80. The maximum Gasteiger partial charge on any atom is 0.407 e. The van der Waals surface area contributed by atoms with Crippen molar-refractivity contribution in [3.63, 3.8) is 0 Å². The molecular formula is C17H18ClNO3S. The smallest absolute Gasteiger partial charge is 0.407 e. The zero-order chi connectivity index (χ0) is 16.8. The summed E-state index contributed by atoms with van der Waals surface area (Å²) in [5.41, 5.74) is 1.62. The molecule has 1 atom stereocenters. The maximum atomic E-state index is 11.4. The zero-order valence-corrected chi connectivity index (χ0v) is 14.0. The lowest BCUT2D eigenvalue weighted by atomic mass is 10.1. The Kier molecular flexibility index (Phi) is 6.33. The van der Waals surface area contributed by atoms with E-state index >= 15 is 0 Å². The first kappa shape index (κ1) is 17.7. The van der Waals surface area contributed by atoms with E-state index in [1.54, 1.807) is 24.3 Å². The molecule has 0 aliphatic rings. The Bertz CT molecular complexity index is 663. The van der Waals surface area contributed by atoms with E-state index in [0.29, 0.717) is 23.6 Å². The second-order valence-electron chi connectivity index (χ2n) is 5.22. The van der Waals surface area contributed by atoms with Gasteiger partial charge in [0.25, 0.3) is 0 Å². The molecule has 1 unspecified atom stereocenters. The van der Waals surface area contributed by atoms with E-state index in [0.717, 1.165) is 10.5 Å². The van der Waals surface area contributed by atoms with Crippen LogP contribution in [-0.2, 0) is 6.42 Å². The molecule has 0 aromatic heterocycles. The second kappa shape index (κ2) is 8.24. The average Bonchev–Trinajstić information content (AvgIpc) is 2.52. The minimum Gasteiger partial charge on any atom is -0.465 e. The molecule has 0 radical (unpaired) electrons. The van der Waals surface area contributed by atoms with Gasteiger partial charge in [-0.15, -0.1) is 12.6 Å². The molecule has 0 spiro atoms. The maximum absolute atomic E-state index is 11.4. The molecule has 0 aliphatic carbocycles. The molecule has 0 aliphatic heterocycles. The summed E-state index contributed by atoms with van der Waals surface area (Å²) in [7, 11) is 0. The van der Waals surface area contributed by atoms with Crippen LogP contribution in [0.1, 0.15) is 17.2 Å². The van der Waals surface area contributed by atoms with Crippen LogP contribution in [0.5, 0.6) is 0 Å². The van der Waals surface area contributed by atoms with Gasteiger partial charge in [-0.1, -0.05) is 35.9 Å². The van der Waals surface area contributed by atoms with Crippen molar-refractivity contribution in [3.8, 4) is 0 Å². The number of thiol groups is 1. The predicted molar refractivity (Wildman–Crippen MR) is 93.4 cm³/mol. The van der Waals surface area contributed by atoms with Crippen LogP contribution in [-0.4, -0.2) is 34.3 Å². The number of carboxylic acid groups (broad SMARTS) is 1. The monoisotopic (exact) mass is 351 g/mol. The lowest BCUT2D eigenvalue weighted by Gasteiger charge is -2.23. The van der Waals surface area contributed by atoms with Gasteiger partial charge >= 0.3 is 6.09 Å². The van der Waals surface area contributed by atoms with Crippen molar-refractivity contribution in [1.29, 1.82) is 0 Å². The lowest BCUT2D eigenvalue weighted by molar-refractivity contribution is 0.0973. The third kappa shape index (κ3) is 5.46. The normalized spacial score (nSPS) is 12.0. The Balaban J connectivity index is 1.98. The van der Waals surface area contributed by atoms with Crippen molar-refractivity contribution in [2.45, 2.75) is 17.4 Å². The summed E-state index contributed by atoms with van der Waals surface area (Å²) in [6, 6.07) is 14.3. The van der Waals surface area contributed by atoms with E-state index in [-0.39, 0.29) is 6.54 Å². The minimum atomic E-state index is -1.06. The van der Waals surface area contributed by atoms with Crippen LogP contribution in [0.2, 0.25) is 5.02 Å². The van der Waals surface area contributed by atoms with Gasteiger partial charge in [0.2, 0.25) is 0 Å². The Hall–Kier alpha value is -1.69. The SMILES string of the molecule is O=C(O)N(CCc1ccc(S)cc1)CC(O)c1cccc(Cl)c1. The van der Waals surface area contributed by atoms with Crippen molar-refractivity contribution in [2.75, 3.05) is 13.1 Å². The molecule has 0 saturated heterocycles. The summed E-state index contributed by atoms with van der Waals surface area (Å²) in [5.74, 6) is 0. The number of carbonyl (C=O) groups is 1. The van der Waals surface area contributed by atoms with E-state index in [1.807, 2.05) is 24.3 Å². The van der Waals surface area contributed by atoms with Gasteiger partial charge in [0.05, 0.1) is 12.6 Å². The van der Waals surface area contributed by atoms with Gasteiger partial charge in [-0.25, -0.2) is 4.79 Å². The average molecular weight is 352 g/mol. The molecular weight excluding hydrogens is 334 g/mol. The Morgan fingerprint density at radius 2 is 1.91 bits per heavy atom. The van der Waals surface area contributed by atoms with Gasteiger partial charge in [-0.2, -0.15) is 0 Å². The first-order valence-corrected chi connectivity index (χ1v) is 7.97. The summed E-state index contributed by atoms with van der Waals surface area (Å²) in [4.78, 5) is 13.5. The fraction of sp³-hybridized carbons (Fsp3) is 0.235. The minimum absolute atomic E-state index is 0.000324. The number of hydrogen-bond donors (Lipinski definition) is 3. The molecule has 23 heavy (non-hydrogen) atoms. The summed E-state index contributed by atoms with van der Waals surface area (Å²) in [5, 5.41) is 20.1. The van der Waals surface area contributed by atoms with Crippen LogP contribution in [0.4, 0.5) is 4.79 Å². The summed E-state index contributed by atoms with van der Waals surface area (Å²) in [6.45, 7) is 0.305. The largest absolute Gasteiger partial charge is 0.465 e. The third-order valence-electron chi connectivity index (χ3n) is 3.50. The molecule has 2 aromatic carbocycles. The van der Waals surface area contributed by atoms with Gasteiger partial charge in [-0.3, -0.25) is 0 Å². The fourth-order valence-electron chi connectivity index (χ4n) is 2.22. The highest BCUT2D eigenvalue weighted by Gasteiger charge is 2.18. The molecule has 2 aromatic rings. The number of nitrogens with zero attached hydrogens (tertiary/aromatic N) is 1. The number of hydrogen-bond acceptors (Lipinski definition) is 3. The van der Waals surface area contributed by atoms with Crippen molar-refractivity contribution < 1.29 is 15.0 Å². The van der Waals surface area contributed by atoms with Crippen molar-refractivity contribution in [1.82, 2.24) is 4.90 Å². The summed E-state index contributed by atoms with van der Waals surface area (Å²) < 4.78 is 0. The number of halogens is 1. The van der Waals surface area contributed by atoms with Crippen LogP contribution in [0.25, 0.3) is 0 Å². The topological polar surface area (TPSA) is 60.8 Å². The number of benzene rings is 2. The van der Waals surface area contributed by atoms with Gasteiger partial charge in [0.15, 0.2) is 0 Å². The van der Waals surface area contributed by atoms with E-state index < -0.39 is 12.2 Å². The number of aliphatic hydroxyl groups excluding tert-OH is 1. The van der Waals surface area contributed by atoms with Crippen LogP contribution >= 0.6 is 24.2 Å². The summed E-state index contributed by atoms with van der Waals surface area (Å²) >= 11 is 10.1. The first-order chi connectivity index (χ1) is 11.0. The molecule has 0 saturated carbocycles. The lowest BCUT2D eigenvalue weighted by Crippen LogP contribution is -2.35. The van der Waals surface area contributed by atoms with Gasteiger partial charge in [-0.05, 0) is 41.8 Å². The van der Waals surface area contributed by atoms with Crippen LogP contribution in [0, 0.1) is 0 Å². The summed E-state index contributed by atoms with van der Waals surface area (Å²) in [6.07, 6.45) is -1.40. The van der Waals surface area contributed by atoms with Crippen LogP contribution in [0.15, 0.2) is 53.4 Å². The fourth-order valence-corrected chi connectivity index (χ4v) is 2.57. The first-order valence-electron chi connectivity index (χ1n) is 7.15. The quantitative estimate of drug-likeness (QED) is 0.692. The van der Waals surface area contributed by atoms with Crippen molar-refractivity contribution >= 4 is 30.3 Å². The Morgan fingerprint density at radius 1 is 1.22 bits per heavy atom. The predicted octanol–water partition coefficient (Wildman–Crippen LogP) is 3.88. The van der Waals surface area contributed by atoms with Crippen LogP contribution in [0.3, 0.4) is 0 Å². The van der Waals surface area contributed by atoms with Crippen LogP contribution < -0.4 is 0 Å². The number of amides is 1. The molecule has 2 N–H and O–H groups in total. The molecule has 2 rings (SSSR count). The zero-order valence-electron chi connectivity index (χ0n) is 12.4. The Morgan fingerprint density at radius 3 is 2.52 bits per heavy atom. The molecule has 4 nitrogen and oxygen atoms in total. The second-order valence-corrected chi connectivity index (χ2v) is 6.17. The van der Waals surface area contributed by atoms with Crippen molar-refractivity contribution in [2.24, 2.45) is 0 Å². The molecule has 0 fully saturated rings. The highest BCUT2D eigenvalue weighted by Crippen LogP contribution is 2.19. The van der Waals surface area contributed by atoms with Crippen molar-refractivity contribution in [3.05, 3.63) is 64.7 Å². The number of aliphatic hydroxyl groups is 1. The standard InChI is InChI=1S/C17H18ClNO3S/c18-14-3-1-2-13(10-14)16(20)11-19(17(21)22)9-8-12-4-6-15(23)7-5-12/h1-7,10,16,20,23H,8-9,11H2,(H,21,22). The van der Waals surface area contributed by atoms with E-state index in [1.165, 1.54) is 4.90 Å². The highest BCUT2D eigenvalue weighted by atomic mass is 35.5. The molecule has 122 valence electrons. The third-order valence-corrected chi connectivity index (χ3v) is 4.04. The van der Waals surface area contributed by atoms with Gasteiger partial charge in [0.1, 0.15) is 0 Å². The molecule has 1 amide bonds. The van der Waals surface area contributed by atoms with Gasteiger partial charge < -0.3 is 15.1 Å². The van der Waals surface area contributed by atoms with E-state index in [4.69, 9.17) is 11.6 Å².